The lowest BCUT2D eigenvalue weighted by atomic mass is 10.1. The van der Waals surface area contributed by atoms with Crippen LogP contribution in [0.3, 0.4) is 0 Å². The van der Waals surface area contributed by atoms with Crippen molar-refractivity contribution in [3.63, 3.8) is 0 Å². The molecule has 0 unspecified atom stereocenters. The van der Waals surface area contributed by atoms with Gasteiger partial charge in [0, 0.05) is 16.7 Å². The Balaban J connectivity index is 1.68. The molecule has 130 valence electrons. The number of phenols is 1. The molecule has 25 heavy (non-hydrogen) atoms. The highest BCUT2D eigenvalue weighted by Gasteiger charge is 2.18. The summed E-state index contributed by atoms with van der Waals surface area (Å²) in [6, 6.07) is 12.0. The number of halogens is 1. The lowest BCUT2D eigenvalue weighted by Crippen LogP contribution is -2.18. The van der Waals surface area contributed by atoms with Crippen LogP contribution in [0.2, 0.25) is 5.02 Å². The molecule has 2 N–H and O–H groups in total. The summed E-state index contributed by atoms with van der Waals surface area (Å²) in [5.41, 5.74) is 1.90. The van der Waals surface area contributed by atoms with Crippen LogP contribution in [0.1, 0.15) is 23.8 Å². The molecule has 0 radical (unpaired) electrons. The molecule has 6 heteroatoms. The summed E-state index contributed by atoms with van der Waals surface area (Å²) >= 11 is 5.83. The fourth-order valence-corrected chi connectivity index (χ4v) is 2.53. The van der Waals surface area contributed by atoms with Crippen molar-refractivity contribution in [3.05, 3.63) is 64.7 Å². The highest BCUT2D eigenvalue weighted by molar-refractivity contribution is 6.30. The summed E-state index contributed by atoms with van der Waals surface area (Å²) < 4.78 is 11.1. The van der Waals surface area contributed by atoms with Crippen LogP contribution in [-0.4, -0.2) is 24.2 Å². The highest BCUT2D eigenvalue weighted by Crippen LogP contribution is 2.30. The predicted octanol–water partition coefficient (Wildman–Crippen LogP) is 4.13. The average molecular weight is 360 g/mol. The third-order valence-electron chi connectivity index (χ3n) is 3.67. The second kappa shape index (κ2) is 8.16. The minimum Gasteiger partial charge on any atom is -0.506 e. The van der Waals surface area contributed by atoms with Gasteiger partial charge in [0.1, 0.15) is 5.75 Å². The van der Waals surface area contributed by atoms with E-state index in [9.17, 15) is 9.90 Å². The predicted molar refractivity (Wildman–Crippen MR) is 96.5 cm³/mol. The third kappa shape index (κ3) is 4.82. The second-order valence-electron chi connectivity index (χ2n) is 5.58. The molecular weight excluding hydrogens is 342 g/mol. The first-order chi connectivity index (χ1) is 12.1. The molecule has 0 saturated carbocycles. The Labute approximate surface area is 150 Å². The Kier molecular flexibility index (Phi) is 5.71. The summed E-state index contributed by atoms with van der Waals surface area (Å²) in [7, 11) is 0. The first kappa shape index (κ1) is 17.5. The van der Waals surface area contributed by atoms with E-state index in [0.29, 0.717) is 23.9 Å². The molecule has 0 aromatic heterocycles. The van der Waals surface area contributed by atoms with Gasteiger partial charge < -0.3 is 19.9 Å². The van der Waals surface area contributed by atoms with Crippen LogP contribution in [0.4, 0.5) is 5.69 Å². The van der Waals surface area contributed by atoms with Crippen LogP contribution in [0, 0.1) is 0 Å². The standard InChI is InChI=1S/C19H18ClNO4/c20-15-6-2-13(3-7-15)4-9-18(23)21-16-12-14(5-8-17(16)22)19-24-10-1-11-25-19/h2-9,12,19,22H,1,10-11H2,(H,21,23)/b9-4+. The van der Waals surface area contributed by atoms with Crippen LogP contribution >= 0.6 is 11.6 Å². The number of hydrogen-bond donors (Lipinski definition) is 2. The number of carbonyl (C=O) groups excluding carboxylic acids is 1. The van der Waals surface area contributed by atoms with E-state index in [1.165, 1.54) is 12.1 Å². The van der Waals surface area contributed by atoms with Gasteiger partial charge in [-0.3, -0.25) is 4.79 Å². The van der Waals surface area contributed by atoms with Crippen molar-refractivity contribution >= 4 is 29.3 Å². The molecule has 1 saturated heterocycles. The van der Waals surface area contributed by atoms with E-state index in [1.54, 1.807) is 30.3 Å². The third-order valence-corrected chi connectivity index (χ3v) is 3.93. The van der Waals surface area contributed by atoms with Gasteiger partial charge in [-0.05, 0) is 42.3 Å². The smallest absolute Gasteiger partial charge is 0.248 e. The second-order valence-corrected chi connectivity index (χ2v) is 6.01. The number of hydrogen-bond acceptors (Lipinski definition) is 4. The van der Waals surface area contributed by atoms with Crippen molar-refractivity contribution in [2.75, 3.05) is 18.5 Å². The van der Waals surface area contributed by atoms with E-state index < -0.39 is 6.29 Å². The van der Waals surface area contributed by atoms with E-state index in [1.807, 2.05) is 12.1 Å². The molecule has 3 rings (SSSR count). The lowest BCUT2D eigenvalue weighted by Gasteiger charge is -2.24. The van der Waals surface area contributed by atoms with Crippen molar-refractivity contribution in [2.45, 2.75) is 12.7 Å². The molecule has 1 amide bonds. The van der Waals surface area contributed by atoms with Gasteiger partial charge >= 0.3 is 0 Å². The van der Waals surface area contributed by atoms with Crippen molar-refractivity contribution < 1.29 is 19.4 Å². The van der Waals surface area contributed by atoms with Gasteiger partial charge in [0.25, 0.3) is 0 Å². The van der Waals surface area contributed by atoms with Crippen LogP contribution in [-0.2, 0) is 14.3 Å². The van der Waals surface area contributed by atoms with Crippen LogP contribution in [0.15, 0.2) is 48.5 Å². The van der Waals surface area contributed by atoms with Gasteiger partial charge in [0.05, 0.1) is 18.9 Å². The van der Waals surface area contributed by atoms with Crippen LogP contribution in [0.25, 0.3) is 6.08 Å². The number of rotatable bonds is 4. The Morgan fingerprint density at radius 2 is 1.88 bits per heavy atom. The van der Waals surface area contributed by atoms with Gasteiger partial charge in [0.15, 0.2) is 6.29 Å². The topological polar surface area (TPSA) is 67.8 Å². The number of aromatic hydroxyl groups is 1. The monoisotopic (exact) mass is 359 g/mol. The zero-order valence-electron chi connectivity index (χ0n) is 13.4. The molecule has 1 aliphatic heterocycles. The SMILES string of the molecule is O=C(/C=C/c1ccc(Cl)cc1)Nc1cc(C2OCCCO2)ccc1O. The van der Waals surface area contributed by atoms with Gasteiger partial charge in [-0.2, -0.15) is 0 Å². The van der Waals surface area contributed by atoms with Gasteiger partial charge in [-0.1, -0.05) is 29.8 Å². The molecular formula is C19H18ClNO4. The molecule has 1 aliphatic rings. The number of carbonyl (C=O) groups is 1. The maximum absolute atomic E-state index is 12.1. The maximum Gasteiger partial charge on any atom is 0.248 e. The molecule has 0 atom stereocenters. The maximum atomic E-state index is 12.1. The summed E-state index contributed by atoms with van der Waals surface area (Å²) in [5, 5.41) is 13.3. The lowest BCUT2D eigenvalue weighted by molar-refractivity contribution is -0.183. The summed E-state index contributed by atoms with van der Waals surface area (Å²) in [6.45, 7) is 1.24. The molecule has 1 heterocycles. The van der Waals surface area contributed by atoms with Crippen molar-refractivity contribution in [3.8, 4) is 5.75 Å². The number of phenolic OH excluding ortho intramolecular Hbond substituents is 1. The van der Waals surface area contributed by atoms with Gasteiger partial charge in [0.2, 0.25) is 5.91 Å². The molecule has 0 bridgehead atoms. The molecule has 5 nitrogen and oxygen atoms in total. The zero-order valence-corrected chi connectivity index (χ0v) is 14.2. The Bertz CT molecular complexity index is 767. The van der Waals surface area contributed by atoms with E-state index in [2.05, 4.69) is 5.32 Å². The van der Waals surface area contributed by atoms with Crippen LogP contribution in [0.5, 0.6) is 5.75 Å². The normalized spacial score (nSPS) is 15.4. The van der Waals surface area contributed by atoms with Crippen LogP contribution < -0.4 is 5.32 Å². The number of ether oxygens (including phenoxy) is 2. The van der Waals surface area contributed by atoms with E-state index in [-0.39, 0.29) is 11.7 Å². The molecule has 0 spiro atoms. The first-order valence-electron chi connectivity index (χ1n) is 7.92. The number of anilines is 1. The van der Waals surface area contributed by atoms with E-state index >= 15 is 0 Å². The van der Waals surface area contributed by atoms with Crippen molar-refractivity contribution in [1.82, 2.24) is 0 Å². The fraction of sp³-hybridized carbons (Fsp3) is 0.211. The Morgan fingerprint density at radius 3 is 2.60 bits per heavy atom. The summed E-state index contributed by atoms with van der Waals surface area (Å²) in [4.78, 5) is 12.1. The fourth-order valence-electron chi connectivity index (χ4n) is 2.40. The number of nitrogens with one attached hydrogen (secondary N) is 1. The van der Waals surface area contributed by atoms with E-state index in [4.69, 9.17) is 21.1 Å². The molecule has 0 aliphatic carbocycles. The zero-order chi connectivity index (χ0) is 17.6. The van der Waals surface area contributed by atoms with Crippen molar-refractivity contribution in [2.24, 2.45) is 0 Å². The molecule has 2 aromatic rings. The highest BCUT2D eigenvalue weighted by atomic mass is 35.5. The number of amides is 1. The Morgan fingerprint density at radius 1 is 1.16 bits per heavy atom. The molecule has 2 aromatic carbocycles. The minimum absolute atomic E-state index is 0.0206. The summed E-state index contributed by atoms with van der Waals surface area (Å²) in [5.74, 6) is -0.374. The average Bonchev–Trinajstić information content (AvgIpc) is 2.64. The van der Waals surface area contributed by atoms with Gasteiger partial charge in [-0.25, -0.2) is 0 Å². The minimum atomic E-state index is -0.477. The van der Waals surface area contributed by atoms with Crippen molar-refractivity contribution in [1.29, 1.82) is 0 Å². The summed E-state index contributed by atoms with van der Waals surface area (Å²) in [6.07, 6.45) is 3.44. The van der Waals surface area contributed by atoms with E-state index in [0.717, 1.165) is 17.5 Å². The molecule has 1 fully saturated rings. The van der Waals surface area contributed by atoms with Gasteiger partial charge in [-0.15, -0.1) is 0 Å². The Hall–Kier alpha value is -2.34. The quantitative estimate of drug-likeness (QED) is 0.636. The number of benzene rings is 2. The largest absolute Gasteiger partial charge is 0.506 e. The first-order valence-corrected chi connectivity index (χ1v) is 8.30.